The van der Waals surface area contributed by atoms with Crippen molar-refractivity contribution in [2.24, 2.45) is 0 Å². The van der Waals surface area contributed by atoms with Crippen LogP contribution in [0.3, 0.4) is 0 Å². The number of benzene rings is 1. The Kier molecular flexibility index (Phi) is 4.81. The number of carbonyl (C=O) groups excluding carboxylic acids is 1. The molecule has 1 aliphatic heterocycles. The molecule has 0 aliphatic carbocycles. The molecule has 0 spiro atoms. The average molecular weight is 325 g/mol. The molecule has 0 bridgehead atoms. The minimum atomic E-state index is -0.227. The molecule has 1 N–H and O–H groups in total. The Hall–Kier alpha value is -2.40. The van der Waals surface area contributed by atoms with E-state index < -0.39 is 0 Å². The smallest absolute Gasteiger partial charge is 0.263 e. The van der Waals surface area contributed by atoms with E-state index in [1.54, 1.807) is 27.8 Å². The molecule has 1 aliphatic rings. The van der Waals surface area contributed by atoms with Gasteiger partial charge in [0.05, 0.1) is 6.54 Å². The molecule has 0 saturated carbocycles. The van der Waals surface area contributed by atoms with Crippen molar-refractivity contribution >= 4 is 5.91 Å². The Morgan fingerprint density at radius 2 is 2.12 bits per heavy atom. The quantitative estimate of drug-likeness (QED) is 0.933. The van der Waals surface area contributed by atoms with Gasteiger partial charge in [-0.1, -0.05) is 29.8 Å². The number of amides is 1. The van der Waals surface area contributed by atoms with Crippen LogP contribution in [0.2, 0.25) is 0 Å². The number of carbonyl (C=O) groups is 1. The monoisotopic (exact) mass is 325 g/mol. The maximum absolute atomic E-state index is 12.7. The van der Waals surface area contributed by atoms with E-state index in [0.29, 0.717) is 19.6 Å². The number of piperazine rings is 1. The van der Waals surface area contributed by atoms with Crippen molar-refractivity contribution in [3.05, 3.63) is 69.6 Å². The van der Waals surface area contributed by atoms with Gasteiger partial charge in [-0.05, 0) is 31.5 Å². The summed E-state index contributed by atoms with van der Waals surface area (Å²) in [5, 5.41) is 3.30. The van der Waals surface area contributed by atoms with E-state index in [1.165, 1.54) is 0 Å². The maximum atomic E-state index is 12.7. The first kappa shape index (κ1) is 16.5. The molecule has 24 heavy (non-hydrogen) atoms. The summed E-state index contributed by atoms with van der Waals surface area (Å²) in [6.45, 7) is 6.56. The fourth-order valence-electron chi connectivity index (χ4n) is 3.12. The second-order valence-electron chi connectivity index (χ2n) is 6.45. The number of pyridine rings is 1. The van der Waals surface area contributed by atoms with Gasteiger partial charge in [0.25, 0.3) is 11.5 Å². The van der Waals surface area contributed by atoms with E-state index in [-0.39, 0.29) is 23.1 Å². The third kappa shape index (κ3) is 3.57. The summed E-state index contributed by atoms with van der Waals surface area (Å²) in [5.74, 6) is -0.174. The number of aromatic nitrogens is 1. The van der Waals surface area contributed by atoms with Gasteiger partial charge in [0.15, 0.2) is 0 Å². The van der Waals surface area contributed by atoms with Crippen LogP contribution in [0.4, 0.5) is 0 Å². The predicted octanol–water partition coefficient (Wildman–Crippen LogP) is 1.64. The molecule has 5 heteroatoms. The van der Waals surface area contributed by atoms with Crippen molar-refractivity contribution < 1.29 is 4.79 Å². The first-order chi connectivity index (χ1) is 11.5. The van der Waals surface area contributed by atoms with E-state index in [1.807, 2.05) is 32.0 Å². The summed E-state index contributed by atoms with van der Waals surface area (Å²) >= 11 is 0. The molecular formula is C19H23N3O2. The molecule has 1 amide bonds. The highest BCUT2D eigenvalue weighted by Crippen LogP contribution is 2.08. The van der Waals surface area contributed by atoms with Crippen molar-refractivity contribution in [1.29, 1.82) is 0 Å². The van der Waals surface area contributed by atoms with Gasteiger partial charge >= 0.3 is 0 Å². The molecule has 5 nitrogen and oxygen atoms in total. The SMILES string of the molecule is Cc1cccc(Cn2cccc(C(=O)N3CCN[C@@H](C)C3)c2=O)c1. The highest BCUT2D eigenvalue weighted by atomic mass is 16.2. The van der Waals surface area contributed by atoms with E-state index in [4.69, 9.17) is 0 Å². The second kappa shape index (κ2) is 7.01. The number of aryl methyl sites for hydroxylation is 1. The largest absolute Gasteiger partial charge is 0.336 e. The zero-order valence-electron chi connectivity index (χ0n) is 14.2. The third-order valence-corrected chi connectivity index (χ3v) is 4.34. The van der Waals surface area contributed by atoms with Crippen molar-refractivity contribution in [1.82, 2.24) is 14.8 Å². The standard InChI is InChI=1S/C19H23N3O2/c1-14-5-3-6-16(11-14)13-21-9-4-7-17(18(21)23)19(24)22-10-8-20-15(2)12-22/h3-7,9,11,15,20H,8,10,12-13H2,1-2H3/t15-/m0/s1. The number of hydrogen-bond donors (Lipinski definition) is 1. The molecule has 0 unspecified atom stereocenters. The minimum absolute atomic E-state index is 0.174. The lowest BCUT2D eigenvalue weighted by Crippen LogP contribution is -2.52. The topological polar surface area (TPSA) is 54.3 Å². The van der Waals surface area contributed by atoms with E-state index in [2.05, 4.69) is 11.4 Å². The molecular weight excluding hydrogens is 302 g/mol. The molecule has 0 radical (unpaired) electrons. The van der Waals surface area contributed by atoms with Gasteiger partial charge < -0.3 is 14.8 Å². The van der Waals surface area contributed by atoms with E-state index >= 15 is 0 Å². The summed E-state index contributed by atoms with van der Waals surface area (Å²) in [6, 6.07) is 11.7. The zero-order valence-corrected chi connectivity index (χ0v) is 14.2. The summed E-state index contributed by atoms with van der Waals surface area (Å²) in [4.78, 5) is 27.2. The number of nitrogens with one attached hydrogen (secondary N) is 1. The Morgan fingerprint density at radius 3 is 2.88 bits per heavy atom. The summed E-state index contributed by atoms with van der Waals surface area (Å²) in [6.07, 6.45) is 1.74. The van der Waals surface area contributed by atoms with Gasteiger partial charge in [-0.15, -0.1) is 0 Å². The highest BCUT2D eigenvalue weighted by molar-refractivity contribution is 5.94. The van der Waals surface area contributed by atoms with Crippen LogP contribution >= 0.6 is 0 Å². The fraction of sp³-hybridized carbons (Fsp3) is 0.368. The van der Waals surface area contributed by atoms with Gasteiger partial charge in [-0.2, -0.15) is 0 Å². The van der Waals surface area contributed by atoms with Crippen LogP contribution in [-0.4, -0.2) is 41.1 Å². The Balaban J connectivity index is 1.85. The van der Waals surface area contributed by atoms with Crippen LogP contribution < -0.4 is 10.9 Å². The first-order valence-corrected chi connectivity index (χ1v) is 8.32. The lowest BCUT2D eigenvalue weighted by Gasteiger charge is -2.31. The van der Waals surface area contributed by atoms with Crippen LogP contribution in [0.5, 0.6) is 0 Å². The van der Waals surface area contributed by atoms with Gasteiger partial charge in [0.1, 0.15) is 5.56 Å². The number of rotatable bonds is 3. The van der Waals surface area contributed by atoms with Crippen LogP contribution in [-0.2, 0) is 6.54 Å². The molecule has 126 valence electrons. The van der Waals surface area contributed by atoms with Crippen molar-refractivity contribution in [3.8, 4) is 0 Å². The summed E-state index contributed by atoms with van der Waals surface area (Å²) < 4.78 is 1.60. The molecule has 1 fully saturated rings. The molecule has 1 saturated heterocycles. The van der Waals surface area contributed by atoms with Crippen LogP contribution in [0, 0.1) is 6.92 Å². The zero-order chi connectivity index (χ0) is 17.1. The molecule has 1 aromatic heterocycles. The first-order valence-electron chi connectivity index (χ1n) is 8.32. The van der Waals surface area contributed by atoms with Crippen LogP contribution in [0.25, 0.3) is 0 Å². The van der Waals surface area contributed by atoms with Crippen molar-refractivity contribution in [2.45, 2.75) is 26.4 Å². The fourth-order valence-corrected chi connectivity index (χ4v) is 3.12. The summed E-state index contributed by atoms with van der Waals surface area (Å²) in [7, 11) is 0. The predicted molar refractivity (Wildman–Crippen MR) is 94.4 cm³/mol. The lowest BCUT2D eigenvalue weighted by molar-refractivity contribution is 0.0706. The molecule has 3 rings (SSSR count). The minimum Gasteiger partial charge on any atom is -0.336 e. The normalized spacial score (nSPS) is 17.8. The van der Waals surface area contributed by atoms with Crippen molar-refractivity contribution in [3.63, 3.8) is 0 Å². The van der Waals surface area contributed by atoms with Crippen molar-refractivity contribution in [2.75, 3.05) is 19.6 Å². The number of nitrogens with zero attached hydrogens (tertiary/aromatic N) is 2. The Morgan fingerprint density at radius 1 is 1.29 bits per heavy atom. The molecule has 2 heterocycles. The summed E-state index contributed by atoms with van der Waals surface area (Å²) in [5.41, 5.74) is 2.23. The lowest BCUT2D eigenvalue weighted by atomic mass is 10.1. The molecule has 1 aromatic carbocycles. The van der Waals surface area contributed by atoms with E-state index in [0.717, 1.165) is 17.7 Å². The third-order valence-electron chi connectivity index (χ3n) is 4.34. The number of hydrogen-bond acceptors (Lipinski definition) is 3. The Bertz CT molecular complexity index is 797. The van der Waals surface area contributed by atoms with Gasteiger partial charge in [0.2, 0.25) is 0 Å². The average Bonchev–Trinajstić information content (AvgIpc) is 2.56. The van der Waals surface area contributed by atoms with Crippen LogP contribution in [0.1, 0.15) is 28.4 Å². The second-order valence-corrected chi connectivity index (χ2v) is 6.45. The molecule has 2 aromatic rings. The Labute approximate surface area is 141 Å². The van der Waals surface area contributed by atoms with E-state index in [9.17, 15) is 9.59 Å². The van der Waals surface area contributed by atoms with Gasteiger partial charge in [-0.25, -0.2) is 0 Å². The van der Waals surface area contributed by atoms with Crippen LogP contribution in [0.15, 0.2) is 47.4 Å². The highest BCUT2D eigenvalue weighted by Gasteiger charge is 2.23. The maximum Gasteiger partial charge on any atom is 0.263 e. The molecule has 1 atom stereocenters. The van der Waals surface area contributed by atoms with Gasteiger partial charge in [-0.3, -0.25) is 9.59 Å². The van der Waals surface area contributed by atoms with Gasteiger partial charge in [0, 0.05) is 31.9 Å².